The molecule has 0 atom stereocenters. The van der Waals surface area contributed by atoms with Crippen LogP contribution in [0.2, 0.25) is 0 Å². The number of para-hydroxylation sites is 2. The van der Waals surface area contributed by atoms with Gasteiger partial charge in [-0.05, 0) is 44.2 Å². The molecule has 5 heteroatoms. The van der Waals surface area contributed by atoms with E-state index < -0.39 is 0 Å². The molecule has 4 nitrogen and oxygen atoms in total. The minimum Gasteiger partial charge on any atom is -0.495 e. The molecule has 1 fully saturated rings. The Morgan fingerprint density at radius 1 is 1.25 bits per heavy atom. The number of thiazole rings is 1. The van der Waals surface area contributed by atoms with Crippen molar-refractivity contribution in [3.8, 4) is 5.75 Å². The molecule has 24 heavy (non-hydrogen) atoms. The van der Waals surface area contributed by atoms with Gasteiger partial charge in [0.05, 0.1) is 25.0 Å². The molecule has 0 spiro atoms. The van der Waals surface area contributed by atoms with Crippen LogP contribution in [0.4, 0.5) is 5.69 Å². The van der Waals surface area contributed by atoms with E-state index in [0.29, 0.717) is 6.04 Å². The molecule has 0 unspecified atom stereocenters. The number of rotatable bonds is 5. The molecule has 0 bridgehead atoms. The number of nitrogens with zero attached hydrogens (tertiary/aromatic N) is 2. The highest BCUT2D eigenvalue weighted by Crippen LogP contribution is 2.29. The van der Waals surface area contributed by atoms with E-state index in [2.05, 4.69) is 22.3 Å². The van der Waals surface area contributed by atoms with E-state index in [-0.39, 0.29) is 0 Å². The Bertz CT molecular complexity index is 670. The number of benzene rings is 1. The number of piperidine rings is 1. The lowest BCUT2D eigenvalue weighted by molar-refractivity contribution is 0.211. The van der Waals surface area contributed by atoms with E-state index in [4.69, 9.17) is 9.72 Å². The average Bonchev–Trinajstić information content (AvgIpc) is 3.18. The van der Waals surface area contributed by atoms with Crippen molar-refractivity contribution in [2.45, 2.75) is 44.7 Å². The third-order valence-corrected chi connectivity index (χ3v) is 6.20. The first-order chi connectivity index (χ1) is 11.8. The summed E-state index contributed by atoms with van der Waals surface area (Å²) in [7, 11) is 1.73. The van der Waals surface area contributed by atoms with Crippen molar-refractivity contribution in [3.63, 3.8) is 0 Å². The zero-order valence-corrected chi connectivity index (χ0v) is 15.1. The van der Waals surface area contributed by atoms with E-state index in [1.54, 1.807) is 7.11 Å². The van der Waals surface area contributed by atoms with Crippen molar-refractivity contribution in [2.24, 2.45) is 0 Å². The predicted octanol–water partition coefficient (Wildman–Crippen LogP) is 3.72. The number of anilines is 1. The minimum absolute atomic E-state index is 0.527. The zero-order chi connectivity index (χ0) is 16.4. The second-order valence-corrected chi connectivity index (χ2v) is 7.89. The molecular formula is C19H25N3OS. The van der Waals surface area contributed by atoms with Gasteiger partial charge in [-0.2, -0.15) is 0 Å². The lowest BCUT2D eigenvalue weighted by atomic mass is 10.0. The van der Waals surface area contributed by atoms with Crippen LogP contribution in [0.1, 0.15) is 34.8 Å². The third-order valence-electron chi connectivity index (χ3n) is 5.05. The van der Waals surface area contributed by atoms with Gasteiger partial charge in [-0.15, -0.1) is 11.3 Å². The van der Waals surface area contributed by atoms with Crippen molar-refractivity contribution in [1.29, 1.82) is 0 Å². The normalized spacial score (nSPS) is 18.5. The Balaban J connectivity index is 1.30. The van der Waals surface area contributed by atoms with Gasteiger partial charge < -0.3 is 10.1 Å². The van der Waals surface area contributed by atoms with Gasteiger partial charge in [0.1, 0.15) is 10.8 Å². The Morgan fingerprint density at radius 2 is 2.08 bits per heavy atom. The van der Waals surface area contributed by atoms with Gasteiger partial charge in [-0.1, -0.05) is 12.1 Å². The lowest BCUT2D eigenvalue weighted by Gasteiger charge is -2.32. The maximum atomic E-state index is 5.44. The first-order valence-corrected chi connectivity index (χ1v) is 9.73. The number of hydrogen-bond acceptors (Lipinski definition) is 5. The molecule has 1 aromatic carbocycles. The summed E-state index contributed by atoms with van der Waals surface area (Å²) in [6.45, 7) is 3.30. The summed E-state index contributed by atoms with van der Waals surface area (Å²) < 4.78 is 5.44. The Morgan fingerprint density at radius 3 is 2.88 bits per heavy atom. The summed E-state index contributed by atoms with van der Waals surface area (Å²) in [5.74, 6) is 0.928. The minimum atomic E-state index is 0.527. The molecule has 1 aliphatic heterocycles. The molecule has 2 aromatic rings. The summed E-state index contributed by atoms with van der Waals surface area (Å²) in [5, 5.41) is 4.97. The molecule has 4 rings (SSSR count). The number of fused-ring (bicyclic) bond motifs is 1. The largest absolute Gasteiger partial charge is 0.495 e. The van der Waals surface area contributed by atoms with Crippen LogP contribution >= 0.6 is 11.3 Å². The molecule has 2 aliphatic rings. The molecule has 1 saturated heterocycles. The fraction of sp³-hybridized carbons (Fsp3) is 0.526. The first-order valence-electron chi connectivity index (χ1n) is 8.91. The van der Waals surface area contributed by atoms with Gasteiger partial charge in [0.15, 0.2) is 0 Å². The van der Waals surface area contributed by atoms with E-state index >= 15 is 0 Å². The Kier molecular flexibility index (Phi) is 4.72. The topological polar surface area (TPSA) is 37.4 Å². The summed E-state index contributed by atoms with van der Waals surface area (Å²) in [5.41, 5.74) is 2.48. The standard InChI is InChI=1S/C19H25N3OS/c1-23-17-7-3-2-5-15(17)20-14-9-11-22(12-10-14)13-19-21-16-6-4-8-18(16)24-19/h2-3,5,7,14,20H,4,6,8-13H2,1H3. The molecule has 2 heterocycles. The summed E-state index contributed by atoms with van der Waals surface area (Å²) in [6.07, 6.45) is 6.08. The summed E-state index contributed by atoms with van der Waals surface area (Å²) in [4.78, 5) is 8.93. The number of aromatic nitrogens is 1. The fourth-order valence-electron chi connectivity index (χ4n) is 3.72. The Hall–Kier alpha value is -1.59. The van der Waals surface area contributed by atoms with Gasteiger partial charge in [0.25, 0.3) is 0 Å². The number of ether oxygens (including phenoxy) is 1. The molecule has 0 saturated carbocycles. The van der Waals surface area contributed by atoms with Crippen LogP contribution in [0.15, 0.2) is 24.3 Å². The van der Waals surface area contributed by atoms with Crippen LogP contribution in [0.5, 0.6) is 5.75 Å². The predicted molar refractivity (Wildman–Crippen MR) is 99.1 cm³/mol. The highest BCUT2D eigenvalue weighted by atomic mass is 32.1. The quantitative estimate of drug-likeness (QED) is 0.898. The van der Waals surface area contributed by atoms with Crippen LogP contribution in [-0.2, 0) is 19.4 Å². The van der Waals surface area contributed by atoms with Crippen LogP contribution in [0, 0.1) is 0 Å². The molecule has 128 valence electrons. The van der Waals surface area contributed by atoms with Gasteiger partial charge in [-0.3, -0.25) is 4.90 Å². The van der Waals surface area contributed by atoms with Gasteiger partial charge in [0, 0.05) is 24.0 Å². The van der Waals surface area contributed by atoms with Crippen LogP contribution < -0.4 is 10.1 Å². The molecular weight excluding hydrogens is 318 g/mol. The maximum Gasteiger partial charge on any atom is 0.141 e. The van der Waals surface area contributed by atoms with E-state index in [9.17, 15) is 0 Å². The number of hydrogen-bond donors (Lipinski definition) is 1. The third kappa shape index (κ3) is 3.42. The van der Waals surface area contributed by atoms with E-state index in [1.807, 2.05) is 23.5 Å². The molecule has 1 aromatic heterocycles. The highest BCUT2D eigenvalue weighted by molar-refractivity contribution is 7.11. The Labute approximate surface area is 147 Å². The molecule has 1 aliphatic carbocycles. The summed E-state index contributed by atoms with van der Waals surface area (Å²) in [6, 6.07) is 8.71. The van der Waals surface area contributed by atoms with Crippen molar-refractivity contribution >= 4 is 17.0 Å². The van der Waals surface area contributed by atoms with Crippen LogP contribution in [-0.4, -0.2) is 36.1 Å². The molecule has 1 N–H and O–H groups in total. The number of nitrogens with one attached hydrogen (secondary N) is 1. The van der Waals surface area contributed by atoms with Gasteiger partial charge in [-0.25, -0.2) is 4.98 Å². The average molecular weight is 343 g/mol. The zero-order valence-electron chi connectivity index (χ0n) is 14.3. The van der Waals surface area contributed by atoms with Crippen LogP contribution in [0.3, 0.4) is 0 Å². The maximum absolute atomic E-state index is 5.44. The van der Waals surface area contributed by atoms with Gasteiger partial charge in [0.2, 0.25) is 0 Å². The molecule has 0 radical (unpaired) electrons. The van der Waals surface area contributed by atoms with Crippen molar-refractivity contribution in [2.75, 3.05) is 25.5 Å². The number of likely N-dealkylation sites (tertiary alicyclic amines) is 1. The van der Waals surface area contributed by atoms with Crippen molar-refractivity contribution in [3.05, 3.63) is 39.8 Å². The number of methoxy groups -OCH3 is 1. The van der Waals surface area contributed by atoms with Crippen molar-refractivity contribution < 1.29 is 4.74 Å². The van der Waals surface area contributed by atoms with E-state index in [1.165, 1.54) is 47.7 Å². The molecule has 0 amide bonds. The lowest BCUT2D eigenvalue weighted by Crippen LogP contribution is -2.38. The fourth-order valence-corrected chi connectivity index (χ4v) is 4.92. The van der Waals surface area contributed by atoms with Crippen molar-refractivity contribution in [1.82, 2.24) is 9.88 Å². The summed E-state index contributed by atoms with van der Waals surface area (Å²) >= 11 is 1.94. The second kappa shape index (κ2) is 7.11. The number of aryl methyl sites for hydroxylation is 2. The van der Waals surface area contributed by atoms with Crippen LogP contribution in [0.25, 0.3) is 0 Å². The SMILES string of the molecule is COc1ccccc1NC1CCN(Cc2nc3c(s2)CCC3)CC1. The second-order valence-electron chi connectivity index (χ2n) is 6.73. The highest BCUT2D eigenvalue weighted by Gasteiger charge is 2.22. The first kappa shape index (κ1) is 15.9. The monoisotopic (exact) mass is 343 g/mol. The smallest absolute Gasteiger partial charge is 0.141 e. The van der Waals surface area contributed by atoms with E-state index in [0.717, 1.165) is 31.1 Å². The van der Waals surface area contributed by atoms with Gasteiger partial charge >= 0.3 is 0 Å².